The summed E-state index contributed by atoms with van der Waals surface area (Å²) >= 11 is 1.39. The third-order valence-electron chi connectivity index (χ3n) is 4.65. The van der Waals surface area contributed by atoms with Crippen molar-refractivity contribution >= 4 is 28.1 Å². The number of amides is 1. The van der Waals surface area contributed by atoms with Gasteiger partial charge in [0.25, 0.3) is 5.91 Å². The molecule has 0 spiro atoms. The van der Waals surface area contributed by atoms with E-state index in [9.17, 15) is 9.18 Å². The maximum Gasteiger partial charge on any atom is 0.268 e. The number of carbonyl (C=O) groups excluding carboxylic acids is 1. The van der Waals surface area contributed by atoms with Crippen LogP contribution in [0.15, 0.2) is 49.2 Å². The van der Waals surface area contributed by atoms with Crippen molar-refractivity contribution < 1.29 is 9.18 Å². The van der Waals surface area contributed by atoms with Crippen LogP contribution in [0.4, 0.5) is 15.2 Å². The number of nitrogens with two attached hydrogens (primary N) is 1. The summed E-state index contributed by atoms with van der Waals surface area (Å²) in [6.07, 6.45) is 9.86. The minimum atomic E-state index is -0.581. The lowest BCUT2D eigenvalue weighted by molar-refractivity contribution is 0.0997. The Morgan fingerprint density at radius 1 is 1.34 bits per heavy atom. The molecule has 4 heterocycles. The summed E-state index contributed by atoms with van der Waals surface area (Å²) in [6, 6.07) is 5.53. The second-order valence-corrected chi connectivity index (χ2v) is 7.67. The van der Waals surface area contributed by atoms with Gasteiger partial charge in [-0.3, -0.25) is 9.78 Å². The number of thiazole rings is 1. The number of H-pyrrole nitrogens is 1. The number of aromatic amines is 1. The van der Waals surface area contributed by atoms with E-state index in [0.29, 0.717) is 15.7 Å². The second kappa shape index (κ2) is 6.82. The molecule has 0 aliphatic heterocycles. The van der Waals surface area contributed by atoms with Gasteiger partial charge in [0.05, 0.1) is 34.8 Å². The number of pyridine rings is 1. The topological polar surface area (TPSA) is 106 Å². The van der Waals surface area contributed by atoms with Crippen molar-refractivity contribution in [2.75, 3.05) is 4.90 Å². The van der Waals surface area contributed by atoms with Gasteiger partial charge < -0.3 is 15.6 Å². The van der Waals surface area contributed by atoms with E-state index in [4.69, 9.17) is 5.73 Å². The van der Waals surface area contributed by atoms with Gasteiger partial charge in [-0.15, -0.1) is 0 Å². The third kappa shape index (κ3) is 3.17. The highest BCUT2D eigenvalue weighted by atomic mass is 32.1. The predicted octanol–water partition coefficient (Wildman–Crippen LogP) is 3.26. The molecule has 5 rings (SSSR count). The monoisotopic (exact) mass is 409 g/mol. The van der Waals surface area contributed by atoms with Crippen LogP contribution in [0.3, 0.4) is 0 Å². The van der Waals surface area contributed by atoms with Crippen LogP contribution in [0.1, 0.15) is 23.3 Å². The Kier molecular flexibility index (Phi) is 4.13. The van der Waals surface area contributed by atoms with Gasteiger partial charge in [-0.25, -0.2) is 14.1 Å². The van der Waals surface area contributed by atoms with Gasteiger partial charge in [0, 0.05) is 18.4 Å². The first-order valence-corrected chi connectivity index (χ1v) is 9.81. The van der Waals surface area contributed by atoms with Crippen LogP contribution in [-0.2, 0) is 0 Å². The number of anilines is 2. The number of primary amides is 1. The summed E-state index contributed by atoms with van der Waals surface area (Å²) in [5.74, 6) is -1.04. The SMILES string of the molecule is NC(=O)c1nc(N(c2cnn(-c3ccncc3F)c2)C2CC2)sc1-c1ccc[nH]1. The molecule has 0 saturated heterocycles. The normalized spacial score (nSPS) is 13.6. The molecule has 1 saturated carbocycles. The fraction of sp³-hybridized carbons (Fsp3) is 0.158. The van der Waals surface area contributed by atoms with E-state index in [-0.39, 0.29) is 11.7 Å². The maximum absolute atomic E-state index is 14.1. The lowest BCUT2D eigenvalue weighted by Gasteiger charge is -2.19. The zero-order chi connectivity index (χ0) is 20.0. The standard InChI is InChI=1S/C19H16FN7OS/c20-13-9-22-7-5-15(13)26-10-12(8-24-26)27(11-3-4-11)19-25-16(18(21)28)17(29-19)14-2-1-6-23-14/h1-2,5-11,23H,3-4H2,(H2,21,28). The van der Waals surface area contributed by atoms with Crippen LogP contribution in [-0.4, -0.2) is 36.7 Å². The Bertz CT molecular complexity index is 1180. The molecule has 29 heavy (non-hydrogen) atoms. The van der Waals surface area contributed by atoms with Gasteiger partial charge in [0.1, 0.15) is 5.69 Å². The number of halogens is 1. The van der Waals surface area contributed by atoms with Crippen molar-refractivity contribution in [2.45, 2.75) is 18.9 Å². The fourth-order valence-electron chi connectivity index (χ4n) is 3.17. The highest BCUT2D eigenvalue weighted by Crippen LogP contribution is 2.43. The molecule has 0 radical (unpaired) electrons. The number of rotatable bonds is 6. The van der Waals surface area contributed by atoms with Crippen molar-refractivity contribution in [3.8, 4) is 16.3 Å². The van der Waals surface area contributed by atoms with E-state index in [0.717, 1.165) is 30.4 Å². The molecular formula is C19H16FN7OS. The quantitative estimate of drug-likeness (QED) is 0.508. The zero-order valence-electron chi connectivity index (χ0n) is 15.1. The number of hydrogen-bond acceptors (Lipinski definition) is 6. The van der Waals surface area contributed by atoms with E-state index in [1.165, 1.54) is 22.2 Å². The molecule has 1 aliphatic carbocycles. The van der Waals surface area contributed by atoms with Gasteiger partial charge in [0.2, 0.25) is 0 Å². The Hall–Kier alpha value is -3.53. The lowest BCUT2D eigenvalue weighted by atomic mass is 10.3. The molecule has 0 bridgehead atoms. The van der Waals surface area contributed by atoms with Crippen molar-refractivity contribution in [2.24, 2.45) is 5.73 Å². The molecule has 0 atom stereocenters. The summed E-state index contributed by atoms with van der Waals surface area (Å²) in [4.78, 5) is 26.1. The molecule has 1 fully saturated rings. The fourth-order valence-corrected chi connectivity index (χ4v) is 4.32. The van der Waals surface area contributed by atoms with Crippen molar-refractivity contribution in [1.82, 2.24) is 24.7 Å². The third-order valence-corrected chi connectivity index (χ3v) is 5.74. The molecule has 4 aromatic heterocycles. The highest BCUT2D eigenvalue weighted by Gasteiger charge is 2.34. The van der Waals surface area contributed by atoms with Crippen LogP contribution in [0, 0.1) is 5.82 Å². The summed E-state index contributed by atoms with van der Waals surface area (Å²) < 4.78 is 15.5. The molecule has 0 aromatic carbocycles. The number of hydrogen-bond donors (Lipinski definition) is 2. The Balaban J connectivity index is 1.57. The highest BCUT2D eigenvalue weighted by molar-refractivity contribution is 7.19. The van der Waals surface area contributed by atoms with Gasteiger partial charge in [0.15, 0.2) is 16.6 Å². The van der Waals surface area contributed by atoms with Crippen molar-refractivity contribution in [3.63, 3.8) is 0 Å². The largest absolute Gasteiger partial charge is 0.364 e. The molecule has 1 aliphatic rings. The first-order chi connectivity index (χ1) is 14.1. The molecule has 3 N–H and O–H groups in total. The van der Waals surface area contributed by atoms with E-state index in [1.807, 2.05) is 17.0 Å². The summed E-state index contributed by atoms with van der Waals surface area (Å²) in [6.45, 7) is 0. The van der Waals surface area contributed by atoms with E-state index >= 15 is 0 Å². The maximum atomic E-state index is 14.1. The Morgan fingerprint density at radius 2 is 2.21 bits per heavy atom. The number of aromatic nitrogens is 5. The summed E-state index contributed by atoms with van der Waals surface area (Å²) in [5.41, 5.74) is 7.66. The van der Waals surface area contributed by atoms with Gasteiger partial charge in [-0.2, -0.15) is 5.10 Å². The Labute approximate surface area is 168 Å². The van der Waals surface area contributed by atoms with Gasteiger partial charge in [-0.05, 0) is 31.0 Å². The predicted molar refractivity (Wildman–Crippen MR) is 107 cm³/mol. The molecule has 4 aromatic rings. The number of carbonyl (C=O) groups is 1. The molecule has 0 unspecified atom stereocenters. The number of nitrogens with zero attached hydrogens (tertiary/aromatic N) is 5. The summed E-state index contributed by atoms with van der Waals surface area (Å²) in [5, 5.41) is 4.96. The minimum Gasteiger partial charge on any atom is -0.364 e. The van der Waals surface area contributed by atoms with Crippen molar-refractivity contribution in [1.29, 1.82) is 0 Å². The molecule has 8 nitrogen and oxygen atoms in total. The first-order valence-electron chi connectivity index (χ1n) is 9.00. The van der Waals surface area contributed by atoms with Crippen LogP contribution in [0.5, 0.6) is 0 Å². The van der Waals surface area contributed by atoms with E-state index < -0.39 is 11.7 Å². The second-order valence-electron chi connectivity index (χ2n) is 6.69. The average molecular weight is 409 g/mol. The van der Waals surface area contributed by atoms with Gasteiger partial charge >= 0.3 is 0 Å². The van der Waals surface area contributed by atoms with E-state index in [1.54, 1.807) is 24.7 Å². The van der Waals surface area contributed by atoms with Crippen LogP contribution in [0.25, 0.3) is 16.3 Å². The molecule has 1 amide bonds. The van der Waals surface area contributed by atoms with Gasteiger partial charge in [-0.1, -0.05) is 11.3 Å². The molecular weight excluding hydrogens is 393 g/mol. The van der Waals surface area contributed by atoms with Crippen molar-refractivity contribution in [3.05, 3.63) is 60.7 Å². The minimum absolute atomic E-state index is 0.227. The first kappa shape index (κ1) is 17.6. The zero-order valence-corrected chi connectivity index (χ0v) is 15.9. The smallest absolute Gasteiger partial charge is 0.268 e. The average Bonchev–Trinajstić information content (AvgIpc) is 3.13. The van der Waals surface area contributed by atoms with E-state index in [2.05, 4.69) is 20.1 Å². The molecule has 10 heteroatoms. The number of nitrogens with one attached hydrogen (secondary N) is 1. The van der Waals surface area contributed by atoms with Crippen LogP contribution in [0.2, 0.25) is 0 Å². The molecule has 146 valence electrons. The lowest BCUT2D eigenvalue weighted by Crippen LogP contribution is -2.19. The Morgan fingerprint density at radius 3 is 2.90 bits per heavy atom. The van der Waals surface area contributed by atoms with Crippen LogP contribution >= 0.6 is 11.3 Å². The van der Waals surface area contributed by atoms with Crippen LogP contribution < -0.4 is 10.6 Å². The summed E-state index contributed by atoms with van der Waals surface area (Å²) in [7, 11) is 0.